The number of hydrogen-bond donors (Lipinski definition) is 0. The molecule has 0 saturated heterocycles. The molecule has 0 aromatic heterocycles. The second kappa shape index (κ2) is 11.0. The summed E-state index contributed by atoms with van der Waals surface area (Å²) in [4.78, 5) is 18.2. The molecule has 2 aromatic rings. The molecule has 0 unspecified atom stereocenters. The Labute approximate surface area is 177 Å². The largest absolute Gasteiger partial charge is 0.297 e. The minimum Gasteiger partial charge on any atom is -0.297 e. The topological polar surface area (TPSA) is 32.7 Å². The molecule has 148 valence electrons. The molecule has 4 heteroatoms. The van der Waals surface area contributed by atoms with Gasteiger partial charge in [-0.2, -0.15) is 0 Å². The molecule has 0 aliphatic carbocycles. The van der Waals surface area contributed by atoms with Gasteiger partial charge in [-0.25, -0.2) is 4.99 Å². The highest BCUT2D eigenvalue weighted by Crippen LogP contribution is 2.25. The van der Waals surface area contributed by atoms with Crippen molar-refractivity contribution in [2.45, 2.75) is 13.8 Å². The summed E-state index contributed by atoms with van der Waals surface area (Å²) < 4.78 is 0. The molecule has 29 heavy (non-hydrogen) atoms. The molecule has 0 N–H and O–H groups in total. The van der Waals surface area contributed by atoms with Crippen molar-refractivity contribution in [3.8, 4) is 11.1 Å². The third-order valence-electron chi connectivity index (χ3n) is 4.10. The van der Waals surface area contributed by atoms with E-state index < -0.39 is 0 Å². The van der Waals surface area contributed by atoms with E-state index in [1.54, 1.807) is 25.3 Å². The SMILES string of the molecule is C=C/C=C(\C=C)N=C(S/C(C)=C\c1ccc(-c2ccc(C)cc2)cc1)N(C)C=O. The number of aryl methyl sites for hydroxylation is 1. The number of allylic oxidation sites excluding steroid dienone is 4. The predicted molar refractivity (Wildman–Crippen MR) is 128 cm³/mol. The quantitative estimate of drug-likeness (QED) is 0.230. The van der Waals surface area contributed by atoms with E-state index in [2.05, 4.69) is 79.7 Å². The van der Waals surface area contributed by atoms with Crippen LogP contribution in [0.5, 0.6) is 0 Å². The van der Waals surface area contributed by atoms with Crippen LogP contribution in [0.2, 0.25) is 0 Å². The molecule has 0 fully saturated rings. The molecule has 0 atom stereocenters. The Kier molecular flexibility index (Phi) is 8.44. The van der Waals surface area contributed by atoms with Gasteiger partial charge in [0.15, 0.2) is 5.17 Å². The zero-order chi connectivity index (χ0) is 21.2. The van der Waals surface area contributed by atoms with E-state index in [-0.39, 0.29) is 0 Å². The Morgan fingerprint density at radius 2 is 1.62 bits per heavy atom. The average Bonchev–Trinajstić information content (AvgIpc) is 2.73. The number of carbonyl (C=O) groups is 1. The van der Waals surface area contributed by atoms with Crippen molar-refractivity contribution in [1.82, 2.24) is 4.90 Å². The smallest absolute Gasteiger partial charge is 0.215 e. The second-order valence-corrected chi connectivity index (χ2v) is 7.70. The summed E-state index contributed by atoms with van der Waals surface area (Å²) in [6, 6.07) is 16.9. The molecule has 0 aliphatic rings. The first-order valence-electron chi connectivity index (χ1n) is 9.22. The van der Waals surface area contributed by atoms with Gasteiger partial charge in [0.05, 0.1) is 5.70 Å². The first kappa shape index (κ1) is 22.2. The number of hydrogen-bond acceptors (Lipinski definition) is 3. The third-order valence-corrected chi connectivity index (χ3v) is 5.10. The molecular weight excluding hydrogens is 376 g/mol. The van der Waals surface area contributed by atoms with Crippen molar-refractivity contribution in [3.05, 3.63) is 102 Å². The van der Waals surface area contributed by atoms with Crippen LogP contribution in [0.3, 0.4) is 0 Å². The molecule has 0 bridgehead atoms. The minimum atomic E-state index is 0.568. The minimum absolute atomic E-state index is 0.568. The van der Waals surface area contributed by atoms with E-state index in [0.29, 0.717) is 10.9 Å². The van der Waals surface area contributed by atoms with Gasteiger partial charge in [-0.15, -0.1) is 0 Å². The summed E-state index contributed by atoms with van der Waals surface area (Å²) in [5, 5.41) is 0.568. The number of amides is 1. The zero-order valence-electron chi connectivity index (χ0n) is 17.1. The third kappa shape index (κ3) is 6.77. The highest BCUT2D eigenvalue weighted by Gasteiger charge is 2.08. The van der Waals surface area contributed by atoms with Crippen LogP contribution in [0.1, 0.15) is 18.1 Å². The van der Waals surface area contributed by atoms with Crippen LogP contribution < -0.4 is 0 Å². The Morgan fingerprint density at radius 3 is 2.14 bits per heavy atom. The molecule has 3 nitrogen and oxygen atoms in total. The molecule has 0 radical (unpaired) electrons. The van der Waals surface area contributed by atoms with Gasteiger partial charge in [-0.05, 0) is 53.7 Å². The lowest BCUT2D eigenvalue weighted by atomic mass is 10.0. The van der Waals surface area contributed by atoms with E-state index >= 15 is 0 Å². The van der Waals surface area contributed by atoms with Crippen LogP contribution in [-0.2, 0) is 4.79 Å². The molecule has 1 amide bonds. The van der Waals surface area contributed by atoms with Crippen LogP contribution in [0.25, 0.3) is 17.2 Å². The van der Waals surface area contributed by atoms with E-state index in [0.717, 1.165) is 16.9 Å². The van der Waals surface area contributed by atoms with Crippen molar-refractivity contribution in [2.24, 2.45) is 4.99 Å². The maximum absolute atomic E-state index is 11.3. The van der Waals surface area contributed by atoms with Crippen LogP contribution in [-0.4, -0.2) is 23.5 Å². The fraction of sp³-hybridized carbons (Fsp3) is 0.120. The van der Waals surface area contributed by atoms with Gasteiger partial charge < -0.3 is 0 Å². The monoisotopic (exact) mass is 402 g/mol. The number of thioether (sulfide) groups is 1. The van der Waals surface area contributed by atoms with Crippen molar-refractivity contribution in [1.29, 1.82) is 0 Å². The van der Waals surface area contributed by atoms with Crippen LogP contribution in [0.4, 0.5) is 0 Å². The summed E-state index contributed by atoms with van der Waals surface area (Å²) in [7, 11) is 1.68. The van der Waals surface area contributed by atoms with Gasteiger partial charge in [0.1, 0.15) is 0 Å². The van der Waals surface area contributed by atoms with Crippen molar-refractivity contribution < 1.29 is 4.79 Å². The first-order chi connectivity index (χ1) is 14.0. The lowest BCUT2D eigenvalue weighted by Crippen LogP contribution is -2.22. The van der Waals surface area contributed by atoms with Crippen molar-refractivity contribution in [2.75, 3.05) is 7.05 Å². The zero-order valence-corrected chi connectivity index (χ0v) is 17.9. The summed E-state index contributed by atoms with van der Waals surface area (Å²) in [5.41, 5.74) is 5.36. The van der Waals surface area contributed by atoms with E-state index in [4.69, 9.17) is 0 Å². The Balaban J connectivity index is 2.21. The fourth-order valence-corrected chi connectivity index (χ4v) is 3.35. The summed E-state index contributed by atoms with van der Waals surface area (Å²) in [6.45, 7) is 11.5. The number of rotatable bonds is 7. The van der Waals surface area contributed by atoms with E-state index in [9.17, 15) is 4.79 Å². The highest BCUT2D eigenvalue weighted by atomic mass is 32.2. The Bertz CT molecular complexity index is 951. The van der Waals surface area contributed by atoms with Gasteiger partial charge in [0.25, 0.3) is 0 Å². The van der Waals surface area contributed by atoms with Gasteiger partial charge in [0.2, 0.25) is 6.41 Å². The van der Waals surface area contributed by atoms with E-state index in [1.165, 1.54) is 33.4 Å². The summed E-state index contributed by atoms with van der Waals surface area (Å²) in [6.07, 6.45) is 7.83. The van der Waals surface area contributed by atoms with Gasteiger partial charge in [-0.1, -0.05) is 85.1 Å². The number of benzene rings is 2. The normalized spacial score (nSPS) is 12.4. The highest BCUT2D eigenvalue weighted by molar-refractivity contribution is 8.17. The number of nitrogens with zero attached hydrogens (tertiary/aromatic N) is 2. The maximum atomic E-state index is 11.3. The molecule has 2 aromatic carbocycles. The van der Waals surface area contributed by atoms with E-state index in [1.807, 2.05) is 6.92 Å². The van der Waals surface area contributed by atoms with Gasteiger partial charge in [0, 0.05) is 7.05 Å². The molecular formula is C25H26N2OS. The summed E-state index contributed by atoms with van der Waals surface area (Å²) >= 11 is 1.43. The maximum Gasteiger partial charge on any atom is 0.215 e. The van der Waals surface area contributed by atoms with Gasteiger partial charge >= 0.3 is 0 Å². The number of aliphatic imine (C=N–C) groups is 1. The van der Waals surface area contributed by atoms with Crippen molar-refractivity contribution >= 4 is 29.4 Å². The summed E-state index contributed by atoms with van der Waals surface area (Å²) in [5.74, 6) is 0. The molecule has 0 saturated carbocycles. The van der Waals surface area contributed by atoms with Crippen LogP contribution in [0.15, 0.2) is 95.5 Å². The van der Waals surface area contributed by atoms with Crippen LogP contribution >= 0.6 is 11.8 Å². The second-order valence-electron chi connectivity index (χ2n) is 6.49. The fourth-order valence-electron chi connectivity index (χ4n) is 2.53. The molecule has 0 spiro atoms. The molecule has 0 heterocycles. The standard InChI is InChI=1S/C25H26N2OS/c1-6-8-24(7-2)26-25(27(5)18-28)29-20(4)17-21-11-15-23(16-12-21)22-13-9-19(3)10-14-22/h6-18H,1-2H2,3-5H3/b20-17-,24-8+,26-25?. The lowest BCUT2D eigenvalue weighted by Gasteiger charge is -2.14. The lowest BCUT2D eigenvalue weighted by molar-refractivity contribution is -0.113. The predicted octanol–water partition coefficient (Wildman–Crippen LogP) is 6.46. The van der Waals surface area contributed by atoms with Crippen molar-refractivity contribution in [3.63, 3.8) is 0 Å². The first-order valence-corrected chi connectivity index (χ1v) is 10.0. The molecule has 2 rings (SSSR count). The van der Waals surface area contributed by atoms with Crippen LogP contribution in [0, 0.1) is 6.92 Å². The Hall–Kier alpha value is -3.11. The molecule has 0 aliphatic heterocycles. The Morgan fingerprint density at radius 1 is 1.03 bits per heavy atom. The number of carbonyl (C=O) groups excluding carboxylic acids is 1. The average molecular weight is 403 g/mol. The van der Waals surface area contributed by atoms with Gasteiger partial charge in [-0.3, -0.25) is 9.69 Å². The number of amidine groups is 1.